The number of amides is 2. The molecule has 0 aliphatic heterocycles. The molecule has 0 bridgehead atoms. The van der Waals surface area contributed by atoms with Crippen LogP contribution in [0.25, 0.3) is 0 Å². The van der Waals surface area contributed by atoms with Crippen molar-refractivity contribution < 1.29 is 14.3 Å². The highest BCUT2D eigenvalue weighted by atomic mass is 79.9. The van der Waals surface area contributed by atoms with Crippen LogP contribution in [-0.2, 0) is 16.1 Å². The SMILES string of the molecule is C[C@@H](C(=O)NC1CCCCC1)N(Cc1ccc(Cl)cc1)C(=O)COc1ccc(Br)cc1Cl. The lowest BCUT2D eigenvalue weighted by atomic mass is 9.95. The Morgan fingerprint density at radius 1 is 1.12 bits per heavy atom. The van der Waals surface area contributed by atoms with Crippen molar-refractivity contribution in [2.75, 3.05) is 6.61 Å². The van der Waals surface area contributed by atoms with E-state index in [1.807, 2.05) is 12.1 Å². The minimum absolute atomic E-state index is 0.152. The minimum atomic E-state index is -0.649. The smallest absolute Gasteiger partial charge is 0.261 e. The normalized spacial score (nSPS) is 15.1. The third kappa shape index (κ3) is 7.12. The Bertz CT molecular complexity index is 933. The van der Waals surface area contributed by atoms with Gasteiger partial charge in [0.25, 0.3) is 5.91 Å². The standard InChI is InChI=1S/C24H27BrCl2N2O3/c1-16(24(31)28-20-5-3-2-4-6-20)29(14-17-7-10-19(26)11-8-17)23(30)15-32-22-12-9-18(25)13-21(22)27/h7-13,16,20H,2-6,14-15H2,1H3,(H,28,31)/t16-/m0/s1. The van der Waals surface area contributed by atoms with Crippen LogP contribution in [0.2, 0.25) is 10.0 Å². The molecule has 1 aliphatic carbocycles. The Labute approximate surface area is 207 Å². The highest BCUT2D eigenvalue weighted by Gasteiger charge is 2.28. The van der Waals surface area contributed by atoms with Crippen LogP contribution in [-0.4, -0.2) is 35.4 Å². The second-order valence-electron chi connectivity index (χ2n) is 8.03. The van der Waals surface area contributed by atoms with E-state index in [0.29, 0.717) is 15.8 Å². The van der Waals surface area contributed by atoms with Crippen molar-refractivity contribution in [2.45, 2.75) is 57.7 Å². The molecule has 0 aromatic heterocycles. The van der Waals surface area contributed by atoms with Crippen LogP contribution in [0.1, 0.15) is 44.6 Å². The molecule has 3 rings (SSSR count). The molecule has 2 amide bonds. The molecule has 172 valence electrons. The Kier molecular flexibility index (Phi) is 9.26. The third-order valence-electron chi connectivity index (χ3n) is 5.63. The van der Waals surface area contributed by atoms with Gasteiger partial charge in [-0.05, 0) is 55.7 Å². The maximum atomic E-state index is 13.1. The van der Waals surface area contributed by atoms with Gasteiger partial charge in [-0.15, -0.1) is 0 Å². The van der Waals surface area contributed by atoms with Gasteiger partial charge in [0.15, 0.2) is 6.61 Å². The molecular formula is C24H27BrCl2N2O3. The molecule has 1 N–H and O–H groups in total. The molecule has 0 unspecified atom stereocenters. The highest BCUT2D eigenvalue weighted by molar-refractivity contribution is 9.10. The fraction of sp³-hybridized carbons (Fsp3) is 0.417. The number of rotatable bonds is 8. The number of halogens is 3. The second-order valence-corrected chi connectivity index (χ2v) is 9.79. The lowest BCUT2D eigenvalue weighted by molar-refractivity contribution is -0.142. The molecule has 0 saturated heterocycles. The summed E-state index contributed by atoms with van der Waals surface area (Å²) in [5, 5.41) is 4.13. The summed E-state index contributed by atoms with van der Waals surface area (Å²) in [6.45, 7) is 1.79. The van der Waals surface area contributed by atoms with E-state index in [-0.39, 0.29) is 31.0 Å². The summed E-state index contributed by atoms with van der Waals surface area (Å²) in [5.74, 6) is -0.0416. The first kappa shape index (κ1) is 24.9. The van der Waals surface area contributed by atoms with Gasteiger partial charge in [0.2, 0.25) is 5.91 Å². The van der Waals surface area contributed by atoms with Crippen LogP contribution in [0.5, 0.6) is 5.75 Å². The summed E-state index contributed by atoms with van der Waals surface area (Å²) < 4.78 is 6.49. The molecule has 0 spiro atoms. The molecule has 0 radical (unpaired) electrons. The van der Waals surface area contributed by atoms with E-state index in [4.69, 9.17) is 27.9 Å². The summed E-state index contributed by atoms with van der Waals surface area (Å²) in [6.07, 6.45) is 5.41. The van der Waals surface area contributed by atoms with Crippen LogP contribution in [0, 0.1) is 0 Å². The van der Waals surface area contributed by atoms with Gasteiger partial charge < -0.3 is 15.0 Å². The highest BCUT2D eigenvalue weighted by Crippen LogP contribution is 2.28. The van der Waals surface area contributed by atoms with Crippen molar-refractivity contribution in [3.8, 4) is 5.75 Å². The van der Waals surface area contributed by atoms with Crippen LogP contribution in [0.3, 0.4) is 0 Å². The first-order valence-corrected chi connectivity index (χ1v) is 12.3. The number of hydrogen-bond donors (Lipinski definition) is 1. The molecule has 8 heteroatoms. The summed E-state index contributed by atoms with van der Waals surface area (Å²) in [5.41, 5.74) is 0.877. The van der Waals surface area contributed by atoms with E-state index in [2.05, 4.69) is 21.2 Å². The number of nitrogens with one attached hydrogen (secondary N) is 1. The largest absolute Gasteiger partial charge is 0.482 e. The maximum Gasteiger partial charge on any atom is 0.261 e. The molecule has 2 aromatic rings. The van der Waals surface area contributed by atoms with Gasteiger partial charge in [0.1, 0.15) is 11.8 Å². The molecular weight excluding hydrogens is 515 g/mol. The van der Waals surface area contributed by atoms with Crippen molar-refractivity contribution >= 4 is 50.9 Å². The zero-order valence-electron chi connectivity index (χ0n) is 18.0. The average molecular weight is 542 g/mol. The average Bonchev–Trinajstić information content (AvgIpc) is 2.78. The second kappa shape index (κ2) is 11.9. The van der Waals surface area contributed by atoms with Gasteiger partial charge in [-0.2, -0.15) is 0 Å². The van der Waals surface area contributed by atoms with Gasteiger partial charge in [0.05, 0.1) is 5.02 Å². The van der Waals surface area contributed by atoms with Gasteiger partial charge in [-0.25, -0.2) is 0 Å². The molecule has 1 saturated carbocycles. The van der Waals surface area contributed by atoms with E-state index >= 15 is 0 Å². The maximum absolute atomic E-state index is 13.1. The summed E-state index contributed by atoms with van der Waals surface area (Å²) >= 11 is 15.5. The summed E-state index contributed by atoms with van der Waals surface area (Å²) in [6, 6.07) is 11.9. The fourth-order valence-corrected chi connectivity index (χ4v) is 4.61. The summed E-state index contributed by atoms with van der Waals surface area (Å²) in [4.78, 5) is 27.7. The van der Waals surface area contributed by atoms with E-state index in [1.54, 1.807) is 37.3 Å². The summed E-state index contributed by atoms with van der Waals surface area (Å²) in [7, 11) is 0. The lowest BCUT2D eigenvalue weighted by Crippen LogP contribution is -2.51. The number of carbonyl (C=O) groups excluding carboxylic acids is 2. The van der Waals surface area contributed by atoms with Crippen molar-refractivity contribution in [3.05, 3.63) is 62.5 Å². The molecule has 2 aromatic carbocycles. The monoisotopic (exact) mass is 540 g/mol. The van der Waals surface area contributed by atoms with Gasteiger partial charge in [0, 0.05) is 22.1 Å². The Balaban J connectivity index is 1.71. The van der Waals surface area contributed by atoms with Crippen LogP contribution < -0.4 is 10.1 Å². The molecule has 1 atom stereocenters. The predicted molar refractivity (Wildman–Crippen MR) is 131 cm³/mol. The number of benzene rings is 2. The van der Waals surface area contributed by atoms with E-state index in [1.165, 1.54) is 11.3 Å². The Morgan fingerprint density at radius 3 is 2.47 bits per heavy atom. The lowest BCUT2D eigenvalue weighted by Gasteiger charge is -2.31. The first-order valence-electron chi connectivity index (χ1n) is 10.8. The van der Waals surface area contributed by atoms with Crippen molar-refractivity contribution in [3.63, 3.8) is 0 Å². The molecule has 32 heavy (non-hydrogen) atoms. The van der Waals surface area contributed by atoms with E-state index in [9.17, 15) is 9.59 Å². The van der Waals surface area contributed by atoms with Crippen molar-refractivity contribution in [1.29, 1.82) is 0 Å². The van der Waals surface area contributed by atoms with E-state index < -0.39 is 6.04 Å². The molecule has 5 nitrogen and oxygen atoms in total. The fourth-order valence-electron chi connectivity index (χ4n) is 3.75. The zero-order valence-corrected chi connectivity index (χ0v) is 21.0. The van der Waals surface area contributed by atoms with Crippen LogP contribution in [0.4, 0.5) is 0 Å². The predicted octanol–water partition coefficient (Wildman–Crippen LogP) is 6.00. The topological polar surface area (TPSA) is 58.6 Å². The zero-order chi connectivity index (χ0) is 23.1. The molecule has 1 aliphatic rings. The van der Waals surface area contributed by atoms with Crippen LogP contribution >= 0.6 is 39.1 Å². The third-order valence-corrected chi connectivity index (χ3v) is 6.67. The van der Waals surface area contributed by atoms with E-state index in [0.717, 1.165) is 35.7 Å². The number of nitrogens with zero attached hydrogens (tertiary/aromatic N) is 1. The Hall–Kier alpha value is -1.76. The first-order chi connectivity index (χ1) is 15.3. The molecule has 0 heterocycles. The van der Waals surface area contributed by atoms with Crippen molar-refractivity contribution in [1.82, 2.24) is 10.2 Å². The quantitative estimate of drug-likeness (QED) is 0.445. The minimum Gasteiger partial charge on any atom is -0.482 e. The number of ether oxygens (including phenoxy) is 1. The van der Waals surface area contributed by atoms with Gasteiger partial charge >= 0.3 is 0 Å². The van der Waals surface area contributed by atoms with Gasteiger partial charge in [-0.1, -0.05) is 70.5 Å². The molecule has 1 fully saturated rings. The number of carbonyl (C=O) groups is 2. The van der Waals surface area contributed by atoms with Crippen molar-refractivity contribution in [2.24, 2.45) is 0 Å². The number of hydrogen-bond acceptors (Lipinski definition) is 3. The van der Waals surface area contributed by atoms with Crippen LogP contribution in [0.15, 0.2) is 46.9 Å². The van der Waals surface area contributed by atoms with Gasteiger partial charge in [-0.3, -0.25) is 9.59 Å². The Morgan fingerprint density at radius 2 is 1.81 bits per heavy atom.